The Labute approximate surface area is 282 Å². The average Bonchev–Trinajstić information content (AvgIpc) is 3.55. The first-order valence-corrected chi connectivity index (χ1v) is 19.7. The van der Waals surface area contributed by atoms with Crippen molar-refractivity contribution >= 4 is 64.0 Å². The number of nitrogens with one attached hydrogen (secondary N) is 2. The van der Waals surface area contributed by atoms with E-state index in [1.54, 1.807) is 0 Å². The number of hydrogen-bond donors (Lipinski definition) is 5. The van der Waals surface area contributed by atoms with Crippen molar-refractivity contribution in [3.05, 3.63) is 12.7 Å². The van der Waals surface area contributed by atoms with Gasteiger partial charge in [-0.2, -0.15) is 11.8 Å². The number of hydrogen-bond acceptors (Lipinski definition) is 21. The van der Waals surface area contributed by atoms with E-state index in [0.29, 0.717) is 12.3 Å². The van der Waals surface area contributed by atoms with Gasteiger partial charge in [0, 0.05) is 30.7 Å². The molecule has 7 atom stereocenters. The maximum atomic E-state index is 12.4. The van der Waals surface area contributed by atoms with Crippen molar-refractivity contribution in [3.63, 3.8) is 0 Å². The predicted octanol–water partition coefficient (Wildman–Crippen LogP) is -3.76. The lowest BCUT2D eigenvalue weighted by Gasteiger charge is -2.36. The fourth-order valence-electron chi connectivity index (χ4n) is 4.21. The van der Waals surface area contributed by atoms with Crippen molar-refractivity contribution in [2.75, 3.05) is 44.0 Å². The van der Waals surface area contributed by atoms with Gasteiger partial charge in [0.2, 0.25) is 11.8 Å². The Morgan fingerprint density at radius 1 is 1.12 bits per heavy atom. The molecule has 0 radical (unpaired) electrons. The fraction of sp³-hybridized carbons (Fsp3) is 0.682. The van der Waals surface area contributed by atoms with Crippen molar-refractivity contribution in [1.82, 2.24) is 30.2 Å². The summed E-state index contributed by atoms with van der Waals surface area (Å²) in [6.45, 7) is 0.496. The van der Waals surface area contributed by atoms with Crippen LogP contribution in [0.15, 0.2) is 12.7 Å². The quantitative estimate of drug-likeness (QED) is 0.0675. The van der Waals surface area contributed by atoms with Crippen LogP contribution in [0.25, 0.3) is 11.2 Å². The van der Waals surface area contributed by atoms with Crippen LogP contribution in [-0.2, 0) is 45.9 Å². The highest BCUT2D eigenvalue weighted by molar-refractivity contribution is 7.98. The van der Waals surface area contributed by atoms with Crippen LogP contribution in [0, 0.1) is 5.41 Å². The topological polar surface area (TPSA) is 358 Å². The number of imidazole rings is 1. The van der Waals surface area contributed by atoms with E-state index in [9.17, 15) is 53.1 Å². The van der Waals surface area contributed by atoms with Crippen molar-refractivity contribution in [1.29, 1.82) is 0 Å². The van der Waals surface area contributed by atoms with E-state index in [1.807, 2.05) is 6.26 Å². The first-order chi connectivity index (χ1) is 22.7. The highest BCUT2D eigenvalue weighted by Gasteiger charge is 2.47. The molecule has 27 heteroatoms. The highest BCUT2D eigenvalue weighted by Crippen LogP contribution is 2.56. The standard InChI is InChI=1S/C22H38N7O16P3S/c1-22(2,17(32)20(33)25-5-4-13(30)24-6-7-49-3)9-42-48(39,40)45-47(37,38)41-8-12-16(44-46(34,35)36)15(31)21(43-12)29-11-28-14-18(23)26-10-27-19(14)29/h10-12,15-17,21,31-32H,4-9H2,1-3H3,(H,24,30)(H,25,33)(H,37,38)(H,39,40)(H2,23,26,27)(H2,34,35,36)/p-4/t12?,15?,16?,17-,21?/m0/s1. The number of phosphoric acid groups is 3. The second-order valence-electron chi connectivity index (χ2n) is 11.0. The van der Waals surface area contributed by atoms with Crippen LogP contribution < -0.4 is 35.9 Å². The fourth-order valence-corrected chi connectivity index (χ4v) is 7.25. The molecule has 0 spiro atoms. The number of nitrogens with two attached hydrogens (primary N) is 1. The molecule has 1 saturated heterocycles. The maximum absolute atomic E-state index is 12.4. The average molecular weight is 778 g/mol. The van der Waals surface area contributed by atoms with Gasteiger partial charge in [0.15, 0.2) is 17.7 Å². The van der Waals surface area contributed by atoms with Crippen LogP contribution in [0.4, 0.5) is 5.82 Å². The molecule has 3 rings (SSSR count). The SMILES string of the molecule is CSCCNC(=O)CCNC(=O)[C@H](O)C(C)(C)COP(=O)([O-])OP(=O)([O-])OCC1OC(n2cnc3c(N)ncnc32)C(O)C1OP(=O)([O-])[O-]. The largest absolute Gasteiger partial charge is 0.790 e. The number of thioether (sulfide) groups is 1. The molecule has 0 aliphatic carbocycles. The minimum atomic E-state index is -5.88. The molecule has 0 saturated carbocycles. The van der Waals surface area contributed by atoms with E-state index in [4.69, 9.17) is 10.5 Å². The van der Waals surface area contributed by atoms with Gasteiger partial charge in [0.1, 0.15) is 36.3 Å². The molecule has 2 aromatic rings. The Morgan fingerprint density at radius 3 is 2.45 bits per heavy atom. The normalized spacial score (nSPS) is 23.1. The minimum absolute atomic E-state index is 0.0124. The molecule has 23 nitrogen and oxygen atoms in total. The molecule has 1 aliphatic rings. The van der Waals surface area contributed by atoms with Crippen LogP contribution in [0.2, 0.25) is 0 Å². The lowest BCUT2D eigenvalue weighted by molar-refractivity contribution is -0.347. The van der Waals surface area contributed by atoms with Gasteiger partial charge >= 0.3 is 0 Å². The molecule has 6 unspecified atom stereocenters. The van der Waals surface area contributed by atoms with Crippen molar-refractivity contribution < 1.29 is 75.7 Å². The monoisotopic (exact) mass is 777 g/mol. The van der Waals surface area contributed by atoms with Gasteiger partial charge in [0.25, 0.3) is 15.6 Å². The van der Waals surface area contributed by atoms with Gasteiger partial charge in [-0.1, -0.05) is 13.8 Å². The number of aromatic nitrogens is 4. The Kier molecular flexibility index (Phi) is 14.3. The number of fused-ring (bicyclic) bond motifs is 1. The van der Waals surface area contributed by atoms with E-state index in [2.05, 4.69) is 43.5 Å². The highest BCUT2D eigenvalue weighted by atomic mass is 32.2. The third kappa shape index (κ3) is 12.0. The maximum Gasteiger partial charge on any atom is 0.274 e. The molecule has 0 bridgehead atoms. The van der Waals surface area contributed by atoms with E-state index < -0.39 is 78.6 Å². The Balaban J connectivity index is 1.59. The number of nitrogens with zero attached hydrogens (tertiary/aromatic N) is 4. The summed E-state index contributed by atoms with van der Waals surface area (Å²) in [7, 11) is -17.5. The number of phosphoric ester groups is 3. The first-order valence-electron chi connectivity index (χ1n) is 14.0. The predicted molar refractivity (Wildman–Crippen MR) is 159 cm³/mol. The number of rotatable bonds is 19. The minimum Gasteiger partial charge on any atom is -0.790 e. The summed E-state index contributed by atoms with van der Waals surface area (Å²) >= 11 is 1.52. The Morgan fingerprint density at radius 2 is 1.80 bits per heavy atom. The van der Waals surface area contributed by atoms with Crippen LogP contribution in [0.1, 0.15) is 26.5 Å². The molecular weight excluding hydrogens is 743 g/mol. The third-order valence-corrected chi connectivity index (χ3v) is 10.3. The van der Waals surface area contributed by atoms with E-state index >= 15 is 0 Å². The number of aliphatic hydroxyl groups excluding tert-OH is 2. The molecule has 1 aliphatic heterocycles. The zero-order valence-electron chi connectivity index (χ0n) is 26.0. The van der Waals surface area contributed by atoms with Gasteiger partial charge in [0.05, 0.1) is 27.4 Å². The molecule has 0 aromatic carbocycles. The van der Waals surface area contributed by atoms with Crippen molar-refractivity contribution in [2.45, 2.75) is 50.9 Å². The molecule has 1 fully saturated rings. The molecule has 6 N–H and O–H groups in total. The van der Waals surface area contributed by atoms with Crippen LogP contribution >= 0.6 is 35.2 Å². The number of nitrogen functional groups attached to an aromatic ring is 1. The number of carbonyl (C=O) groups excluding carboxylic acids is 2. The number of anilines is 1. The molecule has 2 aromatic heterocycles. The van der Waals surface area contributed by atoms with Gasteiger partial charge in [-0.05, 0) is 6.26 Å². The first kappa shape index (κ1) is 41.3. The smallest absolute Gasteiger partial charge is 0.274 e. The molecule has 278 valence electrons. The Bertz CT molecular complexity index is 1610. The summed E-state index contributed by atoms with van der Waals surface area (Å²) in [4.78, 5) is 83.3. The number of amides is 2. The summed E-state index contributed by atoms with van der Waals surface area (Å²) in [6.07, 6.45) is -5.50. The summed E-state index contributed by atoms with van der Waals surface area (Å²) in [5, 5.41) is 26.1. The van der Waals surface area contributed by atoms with Gasteiger partial charge < -0.3 is 69.0 Å². The van der Waals surface area contributed by atoms with E-state index in [-0.39, 0.29) is 35.9 Å². The summed E-state index contributed by atoms with van der Waals surface area (Å²) in [6, 6.07) is 0. The Hall–Kier alpha value is -2.11. The van der Waals surface area contributed by atoms with Crippen LogP contribution in [0.3, 0.4) is 0 Å². The zero-order valence-corrected chi connectivity index (χ0v) is 29.5. The lowest BCUT2D eigenvalue weighted by atomic mass is 9.87. The lowest BCUT2D eigenvalue weighted by Crippen LogP contribution is -2.46. The molecule has 2 amide bonds. The van der Waals surface area contributed by atoms with E-state index in [0.717, 1.165) is 17.2 Å². The summed E-state index contributed by atoms with van der Waals surface area (Å²) in [5.41, 5.74) is 4.12. The van der Waals surface area contributed by atoms with Crippen LogP contribution in [0.5, 0.6) is 0 Å². The molecular formula is C22H34N7O16P3S-4. The molecule has 49 heavy (non-hydrogen) atoms. The summed E-state index contributed by atoms with van der Waals surface area (Å²) < 4.78 is 60.2. The third-order valence-electron chi connectivity index (χ3n) is 6.68. The van der Waals surface area contributed by atoms with Crippen molar-refractivity contribution in [2.24, 2.45) is 5.41 Å². The zero-order chi connectivity index (χ0) is 36.8. The summed E-state index contributed by atoms with van der Waals surface area (Å²) in [5.74, 6) is -0.698. The van der Waals surface area contributed by atoms with Gasteiger partial charge in [-0.25, -0.2) is 19.3 Å². The second kappa shape index (κ2) is 16.9. The van der Waals surface area contributed by atoms with Crippen LogP contribution in [-0.4, -0.2) is 104 Å². The number of aliphatic hydroxyl groups is 2. The molecule has 3 heterocycles. The second-order valence-corrected chi connectivity index (χ2v) is 16.0. The van der Waals surface area contributed by atoms with E-state index in [1.165, 1.54) is 25.6 Å². The van der Waals surface area contributed by atoms with Crippen molar-refractivity contribution in [3.8, 4) is 0 Å². The number of carbonyl (C=O) groups is 2. The van der Waals surface area contributed by atoms with Gasteiger partial charge in [-0.3, -0.25) is 23.3 Å². The number of ether oxygens (including phenoxy) is 1. The van der Waals surface area contributed by atoms with Gasteiger partial charge in [-0.15, -0.1) is 0 Å².